The maximum absolute atomic E-state index is 12.2. The van der Waals surface area contributed by atoms with Crippen molar-refractivity contribution in [2.24, 2.45) is 0 Å². The summed E-state index contributed by atoms with van der Waals surface area (Å²) in [6.45, 7) is -0.0486. The number of ether oxygens (including phenoxy) is 1. The van der Waals surface area contributed by atoms with Gasteiger partial charge in [-0.3, -0.25) is 4.79 Å². The third kappa shape index (κ3) is 3.88. The van der Waals surface area contributed by atoms with Crippen molar-refractivity contribution in [2.45, 2.75) is 6.54 Å². The summed E-state index contributed by atoms with van der Waals surface area (Å²) in [7, 11) is 0. The van der Waals surface area contributed by atoms with Gasteiger partial charge in [0.1, 0.15) is 17.8 Å². The van der Waals surface area contributed by atoms with Gasteiger partial charge in [-0.2, -0.15) is 0 Å². The van der Waals surface area contributed by atoms with E-state index in [0.717, 1.165) is 5.52 Å². The number of fused-ring (bicyclic) bond motifs is 1. The Morgan fingerprint density at radius 3 is 2.39 bits per heavy atom. The van der Waals surface area contributed by atoms with E-state index in [9.17, 15) is 9.59 Å². The van der Waals surface area contributed by atoms with E-state index < -0.39 is 5.97 Å². The Morgan fingerprint density at radius 1 is 0.893 bits per heavy atom. The zero-order chi connectivity index (χ0) is 19.3. The van der Waals surface area contributed by atoms with E-state index in [4.69, 9.17) is 4.74 Å². The topological polar surface area (TPSA) is 86.1 Å². The SMILES string of the molecule is O=C(Cn1nnc2ccccc21)Oc1ccc(NC(=O)c2ccccc2)cc1. The molecule has 4 aromatic rings. The molecule has 4 rings (SSSR count). The summed E-state index contributed by atoms with van der Waals surface area (Å²) >= 11 is 0. The van der Waals surface area contributed by atoms with E-state index in [0.29, 0.717) is 22.5 Å². The van der Waals surface area contributed by atoms with Crippen LogP contribution in [0.4, 0.5) is 5.69 Å². The van der Waals surface area contributed by atoms with Crippen molar-refractivity contribution in [3.05, 3.63) is 84.4 Å². The van der Waals surface area contributed by atoms with Gasteiger partial charge in [0, 0.05) is 11.3 Å². The van der Waals surface area contributed by atoms with Crippen molar-refractivity contribution in [1.29, 1.82) is 0 Å². The van der Waals surface area contributed by atoms with Crippen molar-refractivity contribution >= 4 is 28.6 Å². The molecule has 0 spiro atoms. The Labute approximate surface area is 160 Å². The zero-order valence-electron chi connectivity index (χ0n) is 14.8. The number of hydrogen-bond donors (Lipinski definition) is 1. The minimum atomic E-state index is -0.461. The first-order valence-corrected chi connectivity index (χ1v) is 8.64. The number of carbonyl (C=O) groups excluding carboxylic acids is 2. The Morgan fingerprint density at radius 2 is 1.61 bits per heavy atom. The fourth-order valence-electron chi connectivity index (χ4n) is 2.72. The third-order valence-electron chi connectivity index (χ3n) is 4.08. The van der Waals surface area contributed by atoms with Gasteiger partial charge in [0.25, 0.3) is 5.91 Å². The van der Waals surface area contributed by atoms with Crippen LogP contribution in [0.15, 0.2) is 78.9 Å². The van der Waals surface area contributed by atoms with E-state index in [1.165, 1.54) is 4.68 Å². The Kier molecular flexibility index (Phi) is 4.79. The van der Waals surface area contributed by atoms with Gasteiger partial charge in [-0.15, -0.1) is 5.10 Å². The predicted octanol–water partition coefficient (Wildman–Crippen LogP) is 3.29. The molecule has 138 valence electrons. The predicted molar refractivity (Wildman–Crippen MR) is 104 cm³/mol. The van der Waals surface area contributed by atoms with Crippen LogP contribution in [0.25, 0.3) is 11.0 Å². The second-order valence-corrected chi connectivity index (χ2v) is 6.05. The fraction of sp³-hybridized carbons (Fsp3) is 0.0476. The summed E-state index contributed by atoms with van der Waals surface area (Å²) in [6.07, 6.45) is 0. The molecular weight excluding hydrogens is 356 g/mol. The molecule has 0 atom stereocenters. The molecule has 0 saturated carbocycles. The summed E-state index contributed by atoms with van der Waals surface area (Å²) in [5, 5.41) is 10.8. The lowest BCUT2D eigenvalue weighted by molar-refractivity contribution is -0.135. The number of benzene rings is 3. The molecule has 7 heteroatoms. The number of amides is 1. The molecule has 0 radical (unpaired) electrons. The highest BCUT2D eigenvalue weighted by molar-refractivity contribution is 6.04. The second kappa shape index (κ2) is 7.71. The molecule has 0 fully saturated rings. The molecule has 0 aliphatic rings. The Bertz CT molecular complexity index is 1120. The van der Waals surface area contributed by atoms with Crippen LogP contribution in [0.5, 0.6) is 5.75 Å². The molecule has 0 aliphatic carbocycles. The summed E-state index contributed by atoms with van der Waals surface area (Å²) in [5.41, 5.74) is 2.65. The summed E-state index contributed by atoms with van der Waals surface area (Å²) < 4.78 is 6.83. The Hall–Kier alpha value is -4.00. The minimum Gasteiger partial charge on any atom is -0.425 e. The minimum absolute atomic E-state index is 0.0486. The van der Waals surface area contributed by atoms with Crippen molar-refractivity contribution in [1.82, 2.24) is 15.0 Å². The lowest BCUT2D eigenvalue weighted by Gasteiger charge is -2.08. The largest absolute Gasteiger partial charge is 0.425 e. The summed E-state index contributed by atoms with van der Waals surface area (Å²) in [4.78, 5) is 24.3. The van der Waals surface area contributed by atoms with Gasteiger partial charge in [0.15, 0.2) is 0 Å². The smallest absolute Gasteiger partial charge is 0.333 e. The average Bonchev–Trinajstić information content (AvgIpc) is 3.13. The third-order valence-corrected chi connectivity index (χ3v) is 4.08. The molecule has 1 amide bonds. The molecule has 0 unspecified atom stereocenters. The highest BCUT2D eigenvalue weighted by Crippen LogP contribution is 2.17. The number of aromatic nitrogens is 3. The molecule has 1 N–H and O–H groups in total. The summed E-state index contributed by atoms with van der Waals surface area (Å²) in [5.74, 6) is -0.285. The number of hydrogen-bond acceptors (Lipinski definition) is 5. The zero-order valence-corrected chi connectivity index (χ0v) is 14.8. The maximum atomic E-state index is 12.2. The van der Waals surface area contributed by atoms with Gasteiger partial charge in [-0.1, -0.05) is 35.5 Å². The lowest BCUT2D eigenvalue weighted by atomic mass is 10.2. The number of para-hydroxylation sites is 1. The van der Waals surface area contributed by atoms with Crippen molar-refractivity contribution in [2.75, 3.05) is 5.32 Å². The van der Waals surface area contributed by atoms with Gasteiger partial charge < -0.3 is 10.1 Å². The van der Waals surface area contributed by atoms with Crippen LogP contribution in [0.2, 0.25) is 0 Å². The average molecular weight is 372 g/mol. The first-order valence-electron chi connectivity index (χ1n) is 8.64. The van der Waals surface area contributed by atoms with Crippen LogP contribution in [-0.2, 0) is 11.3 Å². The second-order valence-electron chi connectivity index (χ2n) is 6.05. The standard InChI is InChI=1S/C21H16N4O3/c26-20(14-25-19-9-5-4-8-18(19)23-24-25)28-17-12-10-16(11-13-17)22-21(27)15-6-2-1-3-7-15/h1-13H,14H2,(H,22,27). The number of nitrogens with one attached hydrogen (secondary N) is 1. The molecule has 0 bridgehead atoms. The highest BCUT2D eigenvalue weighted by atomic mass is 16.5. The van der Waals surface area contributed by atoms with E-state index in [-0.39, 0.29) is 12.5 Å². The van der Waals surface area contributed by atoms with Crippen molar-refractivity contribution < 1.29 is 14.3 Å². The van der Waals surface area contributed by atoms with E-state index in [1.54, 1.807) is 48.5 Å². The van der Waals surface area contributed by atoms with Crippen molar-refractivity contribution in [3.8, 4) is 5.75 Å². The normalized spacial score (nSPS) is 10.6. The first kappa shape index (κ1) is 17.4. The van der Waals surface area contributed by atoms with Gasteiger partial charge in [0.2, 0.25) is 0 Å². The van der Waals surface area contributed by atoms with Crippen LogP contribution < -0.4 is 10.1 Å². The van der Waals surface area contributed by atoms with Crippen LogP contribution in [0.3, 0.4) is 0 Å². The van der Waals surface area contributed by atoms with E-state index in [2.05, 4.69) is 15.6 Å². The molecule has 0 saturated heterocycles. The molecule has 7 nitrogen and oxygen atoms in total. The monoisotopic (exact) mass is 372 g/mol. The van der Waals surface area contributed by atoms with Gasteiger partial charge in [-0.25, -0.2) is 9.48 Å². The quantitative estimate of drug-likeness (QED) is 0.429. The first-order chi connectivity index (χ1) is 13.7. The van der Waals surface area contributed by atoms with Crippen LogP contribution in [0.1, 0.15) is 10.4 Å². The number of nitrogens with zero attached hydrogens (tertiary/aromatic N) is 3. The van der Waals surface area contributed by atoms with Crippen LogP contribution >= 0.6 is 0 Å². The number of carbonyl (C=O) groups is 2. The summed E-state index contributed by atoms with van der Waals surface area (Å²) in [6, 6.07) is 22.9. The number of anilines is 1. The van der Waals surface area contributed by atoms with Crippen LogP contribution in [0, 0.1) is 0 Å². The van der Waals surface area contributed by atoms with Gasteiger partial charge in [0.05, 0.1) is 5.52 Å². The molecule has 1 heterocycles. The van der Waals surface area contributed by atoms with Crippen LogP contribution in [-0.4, -0.2) is 26.9 Å². The van der Waals surface area contributed by atoms with Crippen molar-refractivity contribution in [3.63, 3.8) is 0 Å². The Balaban J connectivity index is 1.37. The van der Waals surface area contributed by atoms with E-state index >= 15 is 0 Å². The highest BCUT2D eigenvalue weighted by Gasteiger charge is 2.11. The van der Waals surface area contributed by atoms with E-state index in [1.807, 2.05) is 30.3 Å². The molecule has 0 aliphatic heterocycles. The van der Waals surface area contributed by atoms with Gasteiger partial charge in [-0.05, 0) is 48.5 Å². The number of esters is 1. The molecule has 3 aromatic carbocycles. The lowest BCUT2D eigenvalue weighted by Crippen LogP contribution is -2.17. The molecular formula is C21H16N4O3. The van der Waals surface area contributed by atoms with Gasteiger partial charge >= 0.3 is 5.97 Å². The fourth-order valence-corrected chi connectivity index (χ4v) is 2.72. The molecule has 1 aromatic heterocycles. The number of rotatable bonds is 5. The maximum Gasteiger partial charge on any atom is 0.333 e. The molecule has 28 heavy (non-hydrogen) atoms.